The number of halogens is 3. The summed E-state index contributed by atoms with van der Waals surface area (Å²) in [5.74, 6) is -2.86. The summed E-state index contributed by atoms with van der Waals surface area (Å²) in [5, 5.41) is 0.0900. The number of hydrogen-bond acceptors (Lipinski definition) is 2. The Labute approximate surface area is 91.4 Å². The second-order valence-electron chi connectivity index (χ2n) is 4.10. The third-order valence-corrected chi connectivity index (χ3v) is 3.05. The molecule has 2 nitrogen and oxygen atoms in total. The summed E-state index contributed by atoms with van der Waals surface area (Å²) in [6.07, 6.45) is -0.356. The predicted octanol–water partition coefficient (Wildman–Crippen LogP) is 2.54. The molecule has 0 amide bonds. The predicted molar refractivity (Wildman–Crippen MR) is 54.2 cm³/mol. The van der Waals surface area contributed by atoms with E-state index in [1.54, 1.807) is 19.9 Å². The molecule has 82 valence electrons. The van der Waals surface area contributed by atoms with E-state index in [1.807, 2.05) is 0 Å². The standard InChI is InChI=1S/C10H11ClF2N2/c1-5-3-6(2)15-8(11)7(5)9(14)4-10(9,12)13/h3H,4,14H2,1-2H3. The molecule has 2 rings (SSSR count). The highest BCUT2D eigenvalue weighted by atomic mass is 35.5. The molecule has 0 bridgehead atoms. The number of aryl methyl sites for hydroxylation is 2. The molecule has 1 aliphatic rings. The molecule has 1 heterocycles. The molecule has 0 aromatic carbocycles. The van der Waals surface area contributed by atoms with Crippen molar-refractivity contribution >= 4 is 11.6 Å². The van der Waals surface area contributed by atoms with Crippen LogP contribution in [0.1, 0.15) is 23.2 Å². The number of hydrogen-bond donors (Lipinski definition) is 1. The van der Waals surface area contributed by atoms with Crippen LogP contribution in [0.25, 0.3) is 0 Å². The maximum atomic E-state index is 13.1. The van der Waals surface area contributed by atoms with E-state index in [4.69, 9.17) is 17.3 Å². The van der Waals surface area contributed by atoms with Crippen LogP contribution < -0.4 is 5.73 Å². The summed E-state index contributed by atoms with van der Waals surface area (Å²) >= 11 is 5.86. The first kappa shape index (κ1) is 10.8. The summed E-state index contributed by atoms with van der Waals surface area (Å²) in [6, 6.07) is 1.71. The van der Waals surface area contributed by atoms with Gasteiger partial charge in [0.25, 0.3) is 5.92 Å². The summed E-state index contributed by atoms with van der Waals surface area (Å²) in [5.41, 5.74) is 5.66. The molecule has 15 heavy (non-hydrogen) atoms. The Hall–Kier alpha value is -0.740. The van der Waals surface area contributed by atoms with Gasteiger partial charge in [-0.15, -0.1) is 0 Å². The van der Waals surface area contributed by atoms with Crippen molar-refractivity contribution in [2.75, 3.05) is 0 Å². The first-order valence-corrected chi connectivity index (χ1v) is 4.97. The normalized spacial score (nSPS) is 27.9. The first-order chi connectivity index (χ1) is 6.78. The molecule has 1 saturated carbocycles. The second kappa shape index (κ2) is 2.89. The first-order valence-electron chi connectivity index (χ1n) is 4.59. The fraction of sp³-hybridized carbons (Fsp3) is 0.500. The minimum atomic E-state index is -2.86. The van der Waals surface area contributed by atoms with E-state index in [0.717, 1.165) is 0 Å². The van der Waals surface area contributed by atoms with Crippen molar-refractivity contribution in [3.63, 3.8) is 0 Å². The van der Waals surface area contributed by atoms with E-state index >= 15 is 0 Å². The van der Waals surface area contributed by atoms with Crippen molar-refractivity contribution in [2.45, 2.75) is 31.7 Å². The van der Waals surface area contributed by atoms with Crippen LogP contribution in [0.15, 0.2) is 6.07 Å². The minimum absolute atomic E-state index is 0.0900. The maximum absolute atomic E-state index is 13.1. The number of alkyl halides is 2. The van der Waals surface area contributed by atoms with Crippen molar-refractivity contribution in [3.8, 4) is 0 Å². The van der Waals surface area contributed by atoms with Gasteiger partial charge in [-0.1, -0.05) is 11.6 Å². The maximum Gasteiger partial charge on any atom is 0.272 e. The summed E-state index contributed by atoms with van der Waals surface area (Å²) in [6.45, 7) is 3.48. The molecule has 1 aliphatic carbocycles. The highest BCUT2D eigenvalue weighted by Gasteiger charge is 2.71. The topological polar surface area (TPSA) is 38.9 Å². The number of rotatable bonds is 1. The Morgan fingerprint density at radius 2 is 2.00 bits per heavy atom. The van der Waals surface area contributed by atoms with E-state index in [0.29, 0.717) is 11.3 Å². The Balaban J connectivity index is 2.56. The van der Waals surface area contributed by atoms with Crippen molar-refractivity contribution in [1.29, 1.82) is 0 Å². The van der Waals surface area contributed by atoms with Crippen molar-refractivity contribution < 1.29 is 8.78 Å². The van der Waals surface area contributed by atoms with Crippen molar-refractivity contribution in [1.82, 2.24) is 4.98 Å². The number of nitrogens with two attached hydrogens (primary N) is 1. The molecule has 5 heteroatoms. The van der Waals surface area contributed by atoms with E-state index < -0.39 is 11.5 Å². The SMILES string of the molecule is Cc1cc(C)c(C2(N)CC2(F)F)c(Cl)n1. The molecular formula is C10H11ClF2N2. The Kier molecular flexibility index (Phi) is 2.07. The zero-order chi connectivity index (χ0) is 11.4. The van der Waals surface area contributed by atoms with Crippen LogP contribution in [0, 0.1) is 13.8 Å². The molecule has 1 unspecified atom stereocenters. The molecule has 0 aliphatic heterocycles. The average Bonchev–Trinajstić information content (AvgIpc) is 2.47. The van der Waals surface area contributed by atoms with Crippen molar-refractivity contribution in [2.24, 2.45) is 5.73 Å². The fourth-order valence-corrected chi connectivity index (χ4v) is 2.36. The van der Waals surface area contributed by atoms with Gasteiger partial charge in [0, 0.05) is 17.7 Å². The lowest BCUT2D eigenvalue weighted by atomic mass is 10.0. The van der Waals surface area contributed by atoms with Gasteiger partial charge in [0.1, 0.15) is 10.7 Å². The lowest BCUT2D eigenvalue weighted by Crippen LogP contribution is -2.29. The largest absolute Gasteiger partial charge is 0.316 e. The van der Waals surface area contributed by atoms with Crippen LogP contribution in [-0.2, 0) is 5.54 Å². The highest BCUT2D eigenvalue weighted by Crippen LogP contribution is 2.59. The molecule has 2 N–H and O–H groups in total. The lowest BCUT2D eigenvalue weighted by molar-refractivity contribution is 0.0889. The minimum Gasteiger partial charge on any atom is -0.316 e. The van der Waals surface area contributed by atoms with Gasteiger partial charge < -0.3 is 5.73 Å². The van der Waals surface area contributed by atoms with Crippen LogP contribution in [0.2, 0.25) is 5.15 Å². The lowest BCUT2D eigenvalue weighted by Gasteiger charge is -2.15. The number of nitrogens with zero attached hydrogens (tertiary/aromatic N) is 1. The number of pyridine rings is 1. The molecule has 0 spiro atoms. The Morgan fingerprint density at radius 3 is 2.40 bits per heavy atom. The van der Waals surface area contributed by atoms with E-state index in [2.05, 4.69) is 4.98 Å². The monoisotopic (exact) mass is 232 g/mol. The molecule has 1 aromatic heterocycles. The highest BCUT2D eigenvalue weighted by molar-refractivity contribution is 6.30. The molecule has 1 atom stereocenters. The second-order valence-corrected chi connectivity index (χ2v) is 4.46. The van der Waals surface area contributed by atoms with Crippen LogP contribution in [0.5, 0.6) is 0 Å². The number of aromatic nitrogens is 1. The Morgan fingerprint density at radius 1 is 1.47 bits per heavy atom. The van der Waals surface area contributed by atoms with E-state index in [-0.39, 0.29) is 17.1 Å². The quantitative estimate of drug-likeness (QED) is 0.756. The molecular weight excluding hydrogens is 222 g/mol. The van der Waals surface area contributed by atoms with E-state index in [1.165, 1.54) is 0 Å². The van der Waals surface area contributed by atoms with Gasteiger partial charge in [0.2, 0.25) is 0 Å². The van der Waals surface area contributed by atoms with Gasteiger partial charge in [-0.2, -0.15) is 0 Å². The zero-order valence-corrected chi connectivity index (χ0v) is 9.20. The molecule has 0 saturated heterocycles. The average molecular weight is 233 g/mol. The van der Waals surface area contributed by atoms with Crippen LogP contribution in [0.3, 0.4) is 0 Å². The summed E-state index contributed by atoms with van der Waals surface area (Å²) in [4.78, 5) is 3.96. The Bertz CT molecular complexity index is 410. The third-order valence-electron chi connectivity index (χ3n) is 2.78. The third kappa shape index (κ3) is 1.43. The van der Waals surface area contributed by atoms with Gasteiger partial charge in [-0.05, 0) is 25.5 Å². The van der Waals surface area contributed by atoms with Crippen LogP contribution in [0.4, 0.5) is 8.78 Å². The van der Waals surface area contributed by atoms with Crippen molar-refractivity contribution in [3.05, 3.63) is 28.0 Å². The molecule has 0 radical (unpaired) electrons. The summed E-state index contributed by atoms with van der Waals surface area (Å²) < 4.78 is 26.2. The molecule has 1 aromatic rings. The van der Waals surface area contributed by atoms with Gasteiger partial charge >= 0.3 is 0 Å². The summed E-state index contributed by atoms with van der Waals surface area (Å²) in [7, 11) is 0. The smallest absolute Gasteiger partial charge is 0.272 e. The zero-order valence-electron chi connectivity index (χ0n) is 8.44. The van der Waals surface area contributed by atoms with Crippen LogP contribution >= 0.6 is 11.6 Å². The van der Waals surface area contributed by atoms with Gasteiger partial charge in [-0.3, -0.25) is 0 Å². The van der Waals surface area contributed by atoms with Gasteiger partial charge in [-0.25, -0.2) is 13.8 Å². The van der Waals surface area contributed by atoms with Gasteiger partial charge in [0.15, 0.2) is 0 Å². The van der Waals surface area contributed by atoms with E-state index in [9.17, 15) is 8.78 Å². The fourth-order valence-electron chi connectivity index (χ4n) is 1.90. The van der Waals surface area contributed by atoms with Gasteiger partial charge in [0.05, 0.1) is 0 Å². The molecule has 1 fully saturated rings. The van der Waals surface area contributed by atoms with Crippen LogP contribution in [-0.4, -0.2) is 10.9 Å².